The van der Waals surface area contributed by atoms with Gasteiger partial charge in [-0.2, -0.15) is 0 Å². The molecule has 3 rings (SSSR count). The lowest BCUT2D eigenvalue weighted by atomic mass is 10.2. The normalized spacial score (nSPS) is 10.6. The number of fused-ring (bicyclic) bond motifs is 1. The minimum atomic E-state index is -0.480. The predicted molar refractivity (Wildman–Crippen MR) is 85.0 cm³/mol. The van der Waals surface area contributed by atoms with Gasteiger partial charge >= 0.3 is 0 Å². The van der Waals surface area contributed by atoms with Crippen LogP contribution >= 0.6 is 11.3 Å². The predicted octanol–water partition coefficient (Wildman–Crippen LogP) is 2.33. The molecule has 0 saturated carbocycles. The van der Waals surface area contributed by atoms with Crippen molar-refractivity contribution in [1.82, 2.24) is 9.38 Å². The molecule has 0 unspecified atom stereocenters. The summed E-state index contributed by atoms with van der Waals surface area (Å²) in [7, 11) is 1.58. The summed E-state index contributed by atoms with van der Waals surface area (Å²) in [6.07, 6.45) is 2.91. The molecule has 0 aliphatic rings. The Labute approximate surface area is 130 Å². The second-order valence-corrected chi connectivity index (χ2v) is 5.54. The van der Waals surface area contributed by atoms with Gasteiger partial charge in [0.25, 0.3) is 11.5 Å². The van der Waals surface area contributed by atoms with E-state index in [1.807, 2.05) is 13.0 Å². The number of carbonyl (C=O) groups is 1. The van der Waals surface area contributed by atoms with Gasteiger partial charge in [0.2, 0.25) is 0 Å². The van der Waals surface area contributed by atoms with Crippen LogP contribution in [0, 0.1) is 6.92 Å². The number of benzene rings is 1. The Morgan fingerprint density at radius 2 is 2.23 bits per heavy atom. The number of nitrogens with zero attached hydrogens (tertiary/aromatic N) is 2. The lowest BCUT2D eigenvalue weighted by molar-refractivity contribution is 0.102. The molecule has 112 valence electrons. The maximum Gasteiger partial charge on any atom is 0.271 e. The summed E-state index contributed by atoms with van der Waals surface area (Å²) in [5, 5.41) is 4.48. The number of aryl methyl sites for hydroxylation is 1. The number of ether oxygens (including phenoxy) is 1. The summed E-state index contributed by atoms with van der Waals surface area (Å²) < 4.78 is 6.48. The van der Waals surface area contributed by atoms with E-state index in [1.165, 1.54) is 21.9 Å². The Hall–Kier alpha value is -2.67. The molecule has 0 fully saturated rings. The van der Waals surface area contributed by atoms with E-state index in [2.05, 4.69) is 10.3 Å². The Morgan fingerprint density at radius 3 is 2.95 bits per heavy atom. The molecular weight excluding hydrogens is 302 g/mol. The average Bonchev–Trinajstić information content (AvgIpc) is 2.99. The van der Waals surface area contributed by atoms with Gasteiger partial charge in [-0.25, -0.2) is 4.98 Å². The molecule has 1 N–H and O–H groups in total. The molecule has 7 heteroatoms. The molecule has 0 spiro atoms. The van der Waals surface area contributed by atoms with Crippen LogP contribution in [0.1, 0.15) is 15.9 Å². The summed E-state index contributed by atoms with van der Waals surface area (Å²) in [6, 6.07) is 5.29. The lowest BCUT2D eigenvalue weighted by Crippen LogP contribution is -2.26. The quantitative estimate of drug-likeness (QED) is 0.805. The van der Waals surface area contributed by atoms with E-state index < -0.39 is 5.91 Å². The van der Waals surface area contributed by atoms with Crippen LogP contribution in [0.15, 0.2) is 40.8 Å². The van der Waals surface area contributed by atoms with E-state index in [0.717, 1.165) is 5.56 Å². The van der Waals surface area contributed by atoms with Gasteiger partial charge in [0.05, 0.1) is 7.11 Å². The van der Waals surface area contributed by atoms with Gasteiger partial charge in [-0.1, -0.05) is 0 Å². The summed E-state index contributed by atoms with van der Waals surface area (Å²) in [6.45, 7) is 1.85. The molecule has 0 aliphatic carbocycles. The summed E-state index contributed by atoms with van der Waals surface area (Å²) in [5.74, 6) is 0.225. The average molecular weight is 315 g/mol. The first-order chi connectivity index (χ1) is 10.6. The fourth-order valence-corrected chi connectivity index (χ4v) is 2.75. The van der Waals surface area contributed by atoms with Crippen LogP contribution in [0.4, 0.5) is 5.69 Å². The minimum absolute atomic E-state index is 0.00566. The van der Waals surface area contributed by atoms with Crippen LogP contribution in [-0.4, -0.2) is 22.4 Å². The summed E-state index contributed by atoms with van der Waals surface area (Å²) in [4.78, 5) is 29.2. The number of rotatable bonds is 3. The molecule has 0 radical (unpaired) electrons. The van der Waals surface area contributed by atoms with Crippen molar-refractivity contribution in [2.45, 2.75) is 6.92 Å². The first-order valence-electron chi connectivity index (χ1n) is 6.51. The highest BCUT2D eigenvalue weighted by atomic mass is 32.1. The number of nitrogens with one attached hydrogen (secondary N) is 1. The topological polar surface area (TPSA) is 72.7 Å². The number of anilines is 1. The van der Waals surface area contributed by atoms with Gasteiger partial charge in [-0.3, -0.25) is 14.0 Å². The van der Waals surface area contributed by atoms with E-state index in [4.69, 9.17) is 4.74 Å². The van der Waals surface area contributed by atoms with Crippen LogP contribution in [0.25, 0.3) is 4.96 Å². The van der Waals surface area contributed by atoms with Crippen molar-refractivity contribution in [2.75, 3.05) is 12.4 Å². The van der Waals surface area contributed by atoms with E-state index in [1.54, 1.807) is 30.8 Å². The number of thiazole rings is 1. The summed E-state index contributed by atoms with van der Waals surface area (Å²) in [5.41, 5.74) is 1.10. The van der Waals surface area contributed by atoms with Crippen molar-refractivity contribution in [3.8, 4) is 5.75 Å². The Bertz CT molecular complexity index is 914. The second kappa shape index (κ2) is 5.61. The molecule has 2 aromatic heterocycles. The van der Waals surface area contributed by atoms with Crippen molar-refractivity contribution in [3.05, 3.63) is 57.5 Å². The highest BCUT2D eigenvalue weighted by molar-refractivity contribution is 7.15. The third-order valence-corrected chi connectivity index (χ3v) is 4.04. The number of amides is 1. The standard InChI is InChI=1S/C15H13N3O3S/c1-9-7-10(21-2)3-4-12(9)17-13(19)11-8-16-15-18(14(11)20)5-6-22-15/h3-8H,1-2H3,(H,17,19). The molecule has 3 aromatic rings. The second-order valence-electron chi connectivity index (χ2n) is 4.67. The van der Waals surface area contributed by atoms with Crippen molar-refractivity contribution < 1.29 is 9.53 Å². The third kappa shape index (κ3) is 2.46. The van der Waals surface area contributed by atoms with Crippen molar-refractivity contribution in [1.29, 1.82) is 0 Å². The van der Waals surface area contributed by atoms with Crippen LogP contribution in [0.2, 0.25) is 0 Å². The molecule has 0 saturated heterocycles. The first-order valence-corrected chi connectivity index (χ1v) is 7.39. The third-order valence-electron chi connectivity index (χ3n) is 3.27. The van der Waals surface area contributed by atoms with Gasteiger partial charge < -0.3 is 10.1 Å². The van der Waals surface area contributed by atoms with Gasteiger partial charge in [-0.15, -0.1) is 11.3 Å². The van der Waals surface area contributed by atoms with E-state index in [0.29, 0.717) is 16.4 Å². The zero-order valence-corrected chi connectivity index (χ0v) is 12.8. The minimum Gasteiger partial charge on any atom is -0.497 e. The number of methoxy groups -OCH3 is 1. The van der Waals surface area contributed by atoms with E-state index >= 15 is 0 Å². The SMILES string of the molecule is COc1ccc(NC(=O)c2cnc3sccn3c2=O)c(C)c1. The van der Waals surface area contributed by atoms with Gasteiger partial charge in [-0.05, 0) is 30.7 Å². The first kappa shape index (κ1) is 14.3. The van der Waals surface area contributed by atoms with Crippen LogP contribution in [0.3, 0.4) is 0 Å². The maximum atomic E-state index is 12.3. The number of hydrogen-bond donors (Lipinski definition) is 1. The largest absolute Gasteiger partial charge is 0.497 e. The van der Waals surface area contributed by atoms with Gasteiger partial charge in [0.15, 0.2) is 4.96 Å². The van der Waals surface area contributed by atoms with Crippen molar-refractivity contribution in [2.24, 2.45) is 0 Å². The van der Waals surface area contributed by atoms with Crippen molar-refractivity contribution >= 4 is 27.9 Å². The molecule has 22 heavy (non-hydrogen) atoms. The molecule has 1 aromatic carbocycles. The molecule has 2 heterocycles. The molecule has 0 aliphatic heterocycles. The monoisotopic (exact) mass is 315 g/mol. The van der Waals surface area contributed by atoms with Crippen LogP contribution < -0.4 is 15.6 Å². The molecular formula is C15H13N3O3S. The number of aromatic nitrogens is 2. The Balaban J connectivity index is 1.93. The van der Waals surface area contributed by atoms with E-state index in [-0.39, 0.29) is 11.1 Å². The fraction of sp³-hybridized carbons (Fsp3) is 0.133. The van der Waals surface area contributed by atoms with Gasteiger partial charge in [0.1, 0.15) is 11.3 Å². The van der Waals surface area contributed by atoms with Gasteiger partial charge in [0, 0.05) is 23.5 Å². The summed E-state index contributed by atoms with van der Waals surface area (Å²) >= 11 is 1.34. The van der Waals surface area contributed by atoms with Crippen LogP contribution in [0.5, 0.6) is 5.75 Å². The molecule has 0 bridgehead atoms. The zero-order chi connectivity index (χ0) is 15.7. The fourth-order valence-electron chi connectivity index (χ4n) is 2.07. The molecule has 0 atom stereocenters. The molecule has 6 nitrogen and oxygen atoms in total. The Kier molecular flexibility index (Phi) is 3.64. The maximum absolute atomic E-state index is 12.3. The van der Waals surface area contributed by atoms with Crippen LogP contribution in [-0.2, 0) is 0 Å². The zero-order valence-electron chi connectivity index (χ0n) is 12.0. The lowest BCUT2D eigenvalue weighted by Gasteiger charge is -2.09. The van der Waals surface area contributed by atoms with Crippen molar-refractivity contribution in [3.63, 3.8) is 0 Å². The smallest absolute Gasteiger partial charge is 0.271 e. The molecule has 1 amide bonds. The highest BCUT2D eigenvalue weighted by Crippen LogP contribution is 2.21. The Morgan fingerprint density at radius 1 is 1.41 bits per heavy atom. The number of carbonyl (C=O) groups excluding carboxylic acids is 1. The number of hydrogen-bond acceptors (Lipinski definition) is 5. The highest BCUT2D eigenvalue weighted by Gasteiger charge is 2.15. The van der Waals surface area contributed by atoms with E-state index in [9.17, 15) is 9.59 Å².